The number of carbonyl (C=O) groups excluding carboxylic acids is 1. The molecule has 1 aromatic heterocycles. The molecule has 29 heavy (non-hydrogen) atoms. The van der Waals surface area contributed by atoms with Gasteiger partial charge in [0.1, 0.15) is 22.9 Å². The number of aldehydes is 1. The number of thiazole rings is 1. The van der Waals surface area contributed by atoms with Gasteiger partial charge >= 0.3 is 0 Å². The summed E-state index contributed by atoms with van der Waals surface area (Å²) in [6, 6.07) is 10.9. The molecule has 1 heterocycles. The number of fused-ring (bicyclic) bond motifs is 1. The Labute approximate surface area is 178 Å². The highest BCUT2D eigenvalue weighted by Gasteiger charge is 2.22. The van der Waals surface area contributed by atoms with E-state index in [2.05, 4.69) is 12.1 Å². The second kappa shape index (κ2) is 8.64. The monoisotopic (exact) mass is 429 g/mol. The van der Waals surface area contributed by atoms with E-state index < -0.39 is 5.82 Å². The molecule has 4 rings (SSSR count). The molecular weight excluding hydrogens is 409 g/mol. The summed E-state index contributed by atoms with van der Waals surface area (Å²) in [5, 5.41) is 0.936. The maximum absolute atomic E-state index is 13.4. The Morgan fingerprint density at radius 3 is 2.97 bits per heavy atom. The summed E-state index contributed by atoms with van der Waals surface area (Å²) in [7, 11) is 0. The quantitative estimate of drug-likeness (QED) is 0.423. The second-order valence-corrected chi connectivity index (χ2v) is 8.86. The standard InChI is InChI=1S/C23H21ClFNO2S/c1-14-22(26-23(29-14)17-4-7-21(25)20(24)13-17)9-11-28-18-5-6-19-15(8-10-27)2-3-16(19)12-18/h4-7,10,12-13,15H,2-3,8-9,11H2,1H3/t15-/m0/s1. The molecule has 1 atom stereocenters. The lowest BCUT2D eigenvalue weighted by Crippen LogP contribution is -2.03. The summed E-state index contributed by atoms with van der Waals surface area (Å²) < 4.78 is 19.3. The van der Waals surface area contributed by atoms with Crippen molar-refractivity contribution in [3.63, 3.8) is 0 Å². The predicted molar refractivity (Wildman–Crippen MR) is 115 cm³/mol. The van der Waals surface area contributed by atoms with Crippen molar-refractivity contribution in [2.24, 2.45) is 0 Å². The number of ether oxygens (including phenoxy) is 1. The normalized spacial score (nSPS) is 15.3. The number of halogens is 2. The molecule has 150 valence electrons. The third-order valence-corrected chi connectivity index (χ3v) is 6.72. The van der Waals surface area contributed by atoms with E-state index in [0.29, 0.717) is 25.4 Å². The van der Waals surface area contributed by atoms with Crippen molar-refractivity contribution in [1.29, 1.82) is 0 Å². The van der Waals surface area contributed by atoms with Gasteiger partial charge in [0.25, 0.3) is 0 Å². The molecule has 0 amide bonds. The van der Waals surface area contributed by atoms with E-state index in [-0.39, 0.29) is 5.02 Å². The van der Waals surface area contributed by atoms with Gasteiger partial charge in [-0.1, -0.05) is 17.7 Å². The van der Waals surface area contributed by atoms with E-state index in [0.717, 1.165) is 46.0 Å². The summed E-state index contributed by atoms with van der Waals surface area (Å²) in [5.41, 5.74) is 4.37. The van der Waals surface area contributed by atoms with Crippen molar-refractivity contribution >= 4 is 29.2 Å². The van der Waals surface area contributed by atoms with Crippen LogP contribution < -0.4 is 4.74 Å². The van der Waals surface area contributed by atoms with Gasteiger partial charge in [0.15, 0.2) is 0 Å². The fourth-order valence-electron chi connectivity index (χ4n) is 3.81. The zero-order chi connectivity index (χ0) is 20.4. The number of hydrogen-bond acceptors (Lipinski definition) is 4. The molecule has 6 heteroatoms. The van der Waals surface area contributed by atoms with Crippen LogP contribution in [0.4, 0.5) is 4.39 Å². The van der Waals surface area contributed by atoms with E-state index in [1.54, 1.807) is 23.5 Å². The number of hydrogen-bond donors (Lipinski definition) is 0. The highest BCUT2D eigenvalue weighted by molar-refractivity contribution is 7.15. The number of aryl methyl sites for hydroxylation is 2. The average Bonchev–Trinajstić information content (AvgIpc) is 3.28. The number of nitrogens with zero attached hydrogens (tertiary/aromatic N) is 1. The first-order valence-corrected chi connectivity index (χ1v) is 10.9. The third-order valence-electron chi connectivity index (χ3n) is 5.36. The zero-order valence-corrected chi connectivity index (χ0v) is 17.7. The Morgan fingerprint density at radius 2 is 2.17 bits per heavy atom. The second-order valence-electron chi connectivity index (χ2n) is 7.25. The van der Waals surface area contributed by atoms with Crippen LogP contribution in [0.3, 0.4) is 0 Å². The third kappa shape index (κ3) is 4.36. The van der Waals surface area contributed by atoms with Gasteiger partial charge in [-0.25, -0.2) is 9.37 Å². The highest BCUT2D eigenvalue weighted by Crippen LogP contribution is 2.37. The predicted octanol–water partition coefficient (Wildman–Crippen LogP) is 6.15. The van der Waals surface area contributed by atoms with Crippen LogP contribution in [0.1, 0.15) is 40.5 Å². The van der Waals surface area contributed by atoms with Gasteiger partial charge in [0.05, 0.1) is 17.3 Å². The van der Waals surface area contributed by atoms with Crippen LogP contribution in [0.15, 0.2) is 36.4 Å². The maximum atomic E-state index is 13.4. The van der Waals surface area contributed by atoms with Crippen molar-refractivity contribution in [3.05, 3.63) is 68.9 Å². The van der Waals surface area contributed by atoms with Gasteiger partial charge in [-0.2, -0.15) is 0 Å². The maximum Gasteiger partial charge on any atom is 0.141 e. The van der Waals surface area contributed by atoms with E-state index in [9.17, 15) is 9.18 Å². The zero-order valence-electron chi connectivity index (χ0n) is 16.1. The Kier molecular flexibility index (Phi) is 5.97. The first-order valence-electron chi connectivity index (χ1n) is 9.66. The SMILES string of the molecule is Cc1sc(-c2ccc(F)c(Cl)c2)nc1CCOc1ccc2c(c1)CC[C@H]2CC=O. The molecule has 0 bridgehead atoms. The van der Waals surface area contributed by atoms with Crippen molar-refractivity contribution in [1.82, 2.24) is 4.98 Å². The molecule has 1 aliphatic carbocycles. The Bertz CT molecular complexity index is 1050. The van der Waals surface area contributed by atoms with E-state index in [1.165, 1.54) is 17.2 Å². The van der Waals surface area contributed by atoms with Crippen LogP contribution in [0.5, 0.6) is 5.75 Å². The Hall–Kier alpha value is -2.24. The molecule has 0 radical (unpaired) electrons. The fraction of sp³-hybridized carbons (Fsp3) is 0.304. The molecule has 0 fully saturated rings. The van der Waals surface area contributed by atoms with Gasteiger partial charge < -0.3 is 9.53 Å². The Balaban J connectivity index is 1.39. The van der Waals surface area contributed by atoms with E-state index in [1.807, 2.05) is 13.0 Å². The van der Waals surface area contributed by atoms with Crippen LogP contribution in [0.2, 0.25) is 5.02 Å². The summed E-state index contributed by atoms with van der Waals surface area (Å²) >= 11 is 7.47. The van der Waals surface area contributed by atoms with Crippen LogP contribution in [0, 0.1) is 12.7 Å². The minimum Gasteiger partial charge on any atom is -0.493 e. The molecule has 3 nitrogen and oxygen atoms in total. The molecule has 0 unspecified atom stereocenters. The van der Waals surface area contributed by atoms with Gasteiger partial charge in [-0.15, -0.1) is 11.3 Å². The Morgan fingerprint density at radius 1 is 1.31 bits per heavy atom. The van der Waals surface area contributed by atoms with Gasteiger partial charge in [-0.05, 0) is 67.1 Å². The first-order chi connectivity index (χ1) is 14.0. The first kappa shape index (κ1) is 20.0. The van der Waals surface area contributed by atoms with E-state index in [4.69, 9.17) is 21.3 Å². The molecule has 0 saturated heterocycles. The number of aromatic nitrogens is 1. The van der Waals surface area contributed by atoms with Crippen LogP contribution >= 0.6 is 22.9 Å². The van der Waals surface area contributed by atoms with E-state index >= 15 is 0 Å². The fourth-order valence-corrected chi connectivity index (χ4v) is 4.95. The lowest BCUT2D eigenvalue weighted by atomic mass is 9.99. The van der Waals surface area contributed by atoms with Crippen LogP contribution in [-0.4, -0.2) is 17.9 Å². The summed E-state index contributed by atoms with van der Waals surface area (Å²) in [6.45, 7) is 2.56. The highest BCUT2D eigenvalue weighted by atomic mass is 35.5. The molecule has 1 aliphatic rings. The smallest absolute Gasteiger partial charge is 0.141 e. The molecule has 3 aromatic rings. The lowest BCUT2D eigenvalue weighted by Gasteiger charge is -2.10. The molecule has 2 aromatic carbocycles. The molecule has 0 aliphatic heterocycles. The van der Waals surface area contributed by atoms with Crippen molar-refractivity contribution in [3.8, 4) is 16.3 Å². The summed E-state index contributed by atoms with van der Waals surface area (Å²) in [4.78, 5) is 16.6. The van der Waals surface area contributed by atoms with Gasteiger partial charge in [0, 0.05) is 23.3 Å². The van der Waals surface area contributed by atoms with Crippen molar-refractivity contribution < 1.29 is 13.9 Å². The topological polar surface area (TPSA) is 39.2 Å². The molecule has 0 N–H and O–H groups in total. The minimum atomic E-state index is -0.427. The molecule has 0 saturated carbocycles. The summed E-state index contributed by atoms with van der Waals surface area (Å²) in [5.74, 6) is 0.783. The van der Waals surface area contributed by atoms with Crippen LogP contribution in [0.25, 0.3) is 10.6 Å². The van der Waals surface area contributed by atoms with Crippen molar-refractivity contribution in [2.75, 3.05) is 6.61 Å². The minimum absolute atomic E-state index is 0.104. The van der Waals surface area contributed by atoms with Crippen LogP contribution in [-0.2, 0) is 17.6 Å². The van der Waals surface area contributed by atoms with Crippen molar-refractivity contribution in [2.45, 2.75) is 38.5 Å². The number of benzene rings is 2. The van der Waals surface area contributed by atoms with Gasteiger partial charge in [-0.3, -0.25) is 0 Å². The molecular formula is C23H21ClFNO2S. The average molecular weight is 430 g/mol. The van der Waals surface area contributed by atoms with Gasteiger partial charge in [0.2, 0.25) is 0 Å². The molecule has 0 spiro atoms. The number of rotatable bonds is 7. The largest absolute Gasteiger partial charge is 0.493 e. The number of carbonyl (C=O) groups is 1. The summed E-state index contributed by atoms with van der Waals surface area (Å²) in [6.07, 6.45) is 4.33. The lowest BCUT2D eigenvalue weighted by molar-refractivity contribution is -0.108.